The number of likely N-dealkylation sites (N-methyl/N-ethyl adjacent to an activating group) is 4. The van der Waals surface area contributed by atoms with E-state index in [0.29, 0.717) is 11.0 Å². The average Bonchev–Trinajstić information content (AvgIpc) is 2.64. The fraction of sp³-hybridized carbons (Fsp3) is 0.909. The Balaban J connectivity index is 2.76. The second-order valence-electron chi connectivity index (χ2n) is 10.3. The van der Waals surface area contributed by atoms with E-state index in [0.717, 1.165) is 25.9 Å². The molecule has 1 N–H and O–H groups in total. The number of carbonyl (C=O) groups excluding carboxylic acids is 1. The van der Waals surface area contributed by atoms with Crippen molar-refractivity contribution >= 4 is 11.8 Å². The Kier molecular flexibility index (Phi) is 7.62. The highest BCUT2D eigenvalue weighted by Gasteiger charge is 2.71. The molecule has 180 valence electrons. The third-order valence-electron chi connectivity index (χ3n) is 8.53. The van der Waals surface area contributed by atoms with Gasteiger partial charge in [0.05, 0.1) is 19.5 Å². The zero-order valence-corrected chi connectivity index (χ0v) is 21.3. The molecule has 2 fully saturated rings. The van der Waals surface area contributed by atoms with Crippen LogP contribution in [0.3, 0.4) is 0 Å². The summed E-state index contributed by atoms with van der Waals surface area (Å²) in [6.07, 6.45) is 2.40. The SMILES string of the molecule is CC(=O)C1CCN(C)C(N(C)C)(C2(C)CCN(C)C(CCC(=O)O)[N+]2(C)N(C)C)N1C. The maximum Gasteiger partial charge on any atom is 0.303 e. The first-order valence-corrected chi connectivity index (χ1v) is 11.3. The van der Waals surface area contributed by atoms with Crippen molar-refractivity contribution in [3.8, 4) is 0 Å². The molecule has 9 heteroatoms. The quantitative estimate of drug-likeness (QED) is 0.577. The lowest BCUT2D eigenvalue weighted by Crippen LogP contribution is -2.91. The summed E-state index contributed by atoms with van der Waals surface area (Å²) in [5.41, 5.74) is -0.354. The molecular weight excluding hydrogens is 396 g/mol. The highest BCUT2D eigenvalue weighted by molar-refractivity contribution is 5.81. The van der Waals surface area contributed by atoms with E-state index in [4.69, 9.17) is 0 Å². The smallest absolute Gasteiger partial charge is 0.303 e. The molecule has 9 nitrogen and oxygen atoms in total. The van der Waals surface area contributed by atoms with Crippen molar-refractivity contribution in [1.82, 2.24) is 24.6 Å². The molecule has 0 aromatic rings. The summed E-state index contributed by atoms with van der Waals surface area (Å²) in [5, 5.41) is 11.7. The first-order valence-electron chi connectivity index (χ1n) is 11.3. The van der Waals surface area contributed by atoms with Gasteiger partial charge in [0.2, 0.25) is 0 Å². The molecule has 31 heavy (non-hydrogen) atoms. The van der Waals surface area contributed by atoms with Gasteiger partial charge in [-0.25, -0.2) is 4.59 Å². The predicted molar refractivity (Wildman–Crippen MR) is 122 cm³/mol. The van der Waals surface area contributed by atoms with Gasteiger partial charge in [-0.1, -0.05) is 0 Å². The standard InChI is InChI=1S/C22H44N6O3/c1-17(29)18-13-15-26(8)22(23(3)4,27(18)9)21(2)14-16-25(7)19(11-12-20(30)31)28(21,10)24(5)6/h18-19H,11-16H2,1-10H3/p+1. The molecule has 2 rings (SSSR count). The zero-order valence-electron chi connectivity index (χ0n) is 21.3. The molecule has 0 amide bonds. The highest BCUT2D eigenvalue weighted by Crippen LogP contribution is 2.50. The largest absolute Gasteiger partial charge is 0.481 e. The van der Waals surface area contributed by atoms with E-state index in [-0.39, 0.29) is 30.0 Å². The van der Waals surface area contributed by atoms with Crippen molar-refractivity contribution in [2.75, 3.05) is 69.5 Å². The number of carboxylic acid groups (broad SMARTS) is 1. The molecule has 0 aromatic carbocycles. The topological polar surface area (TPSA) is 70.6 Å². The van der Waals surface area contributed by atoms with Gasteiger partial charge >= 0.3 is 5.97 Å². The Morgan fingerprint density at radius 3 is 2.16 bits per heavy atom. The van der Waals surface area contributed by atoms with Crippen molar-refractivity contribution in [3.63, 3.8) is 0 Å². The minimum absolute atomic E-state index is 0.00109. The van der Waals surface area contributed by atoms with E-state index < -0.39 is 11.8 Å². The lowest BCUT2D eigenvalue weighted by Gasteiger charge is -2.71. The molecule has 0 aliphatic carbocycles. The van der Waals surface area contributed by atoms with Crippen LogP contribution in [0.25, 0.3) is 0 Å². The monoisotopic (exact) mass is 441 g/mol. The van der Waals surface area contributed by atoms with Crippen LogP contribution in [0.15, 0.2) is 0 Å². The number of Topliss-reactive ketones (excluding diaryl/α,β-unsaturated/α-hetero) is 1. The van der Waals surface area contributed by atoms with E-state index in [2.05, 4.69) is 87.9 Å². The van der Waals surface area contributed by atoms with Crippen LogP contribution in [0.5, 0.6) is 0 Å². The van der Waals surface area contributed by atoms with Crippen LogP contribution >= 0.6 is 0 Å². The number of aliphatic carboxylic acids is 1. The van der Waals surface area contributed by atoms with Crippen LogP contribution in [0, 0.1) is 0 Å². The fourth-order valence-corrected chi connectivity index (χ4v) is 6.94. The van der Waals surface area contributed by atoms with Crippen LogP contribution in [0.2, 0.25) is 0 Å². The first kappa shape index (κ1) is 26.2. The summed E-state index contributed by atoms with van der Waals surface area (Å²) in [6.45, 7) is 5.71. The Bertz CT molecular complexity index is 688. The van der Waals surface area contributed by atoms with Crippen LogP contribution < -0.4 is 0 Å². The lowest BCUT2D eigenvalue weighted by atomic mass is 9.77. The maximum atomic E-state index is 12.6. The summed E-state index contributed by atoms with van der Waals surface area (Å²) < 4.78 is 0.550. The molecule has 0 aromatic heterocycles. The Hall–Kier alpha value is -1.10. The number of hydrogen-bond acceptors (Lipinski definition) is 7. The number of rotatable bonds is 7. The number of quaternary nitrogens is 1. The molecular formula is C22H45N6O3+. The molecule has 5 unspecified atom stereocenters. The summed E-state index contributed by atoms with van der Waals surface area (Å²) in [7, 11) is 16.9. The van der Waals surface area contributed by atoms with E-state index in [9.17, 15) is 14.7 Å². The summed E-state index contributed by atoms with van der Waals surface area (Å²) in [5.74, 6) is -1.11. The molecule has 0 spiro atoms. The number of carbonyl (C=O) groups is 2. The summed E-state index contributed by atoms with van der Waals surface area (Å²) in [6, 6.07) is -0.150. The number of nitrogens with zero attached hydrogens (tertiary/aromatic N) is 6. The molecule has 0 bridgehead atoms. The normalized spacial score (nSPS) is 38.7. The van der Waals surface area contributed by atoms with Crippen LogP contribution in [-0.2, 0) is 9.59 Å². The van der Waals surface area contributed by atoms with E-state index in [1.165, 1.54) is 0 Å². The molecule has 2 heterocycles. The Labute approximate surface area is 188 Å². The number of hydrogen-bond donors (Lipinski definition) is 1. The van der Waals surface area contributed by atoms with Gasteiger partial charge in [-0.2, -0.15) is 5.01 Å². The minimum Gasteiger partial charge on any atom is -0.481 e. The molecule has 2 aliphatic rings. The summed E-state index contributed by atoms with van der Waals surface area (Å²) in [4.78, 5) is 33.4. The molecule has 0 radical (unpaired) electrons. The lowest BCUT2D eigenvalue weighted by molar-refractivity contribution is -1.09. The van der Waals surface area contributed by atoms with Gasteiger partial charge in [-0.3, -0.25) is 29.2 Å². The van der Waals surface area contributed by atoms with Crippen LogP contribution in [0.1, 0.15) is 39.5 Å². The highest BCUT2D eigenvalue weighted by atomic mass is 16.4. The van der Waals surface area contributed by atoms with Gasteiger partial charge in [-0.15, -0.1) is 0 Å². The second kappa shape index (κ2) is 9.03. The van der Waals surface area contributed by atoms with Crippen molar-refractivity contribution in [3.05, 3.63) is 0 Å². The molecule has 5 atom stereocenters. The molecule has 2 saturated heterocycles. The van der Waals surface area contributed by atoms with Crippen LogP contribution in [-0.4, -0.2) is 139 Å². The van der Waals surface area contributed by atoms with Gasteiger partial charge in [0, 0.05) is 40.0 Å². The average molecular weight is 442 g/mol. The maximum absolute atomic E-state index is 12.6. The first-order chi connectivity index (χ1) is 14.2. The van der Waals surface area contributed by atoms with Gasteiger partial charge in [0.25, 0.3) is 0 Å². The zero-order chi connectivity index (χ0) is 23.9. The molecule has 0 saturated carbocycles. The van der Waals surface area contributed by atoms with Crippen LogP contribution in [0.4, 0.5) is 0 Å². The Morgan fingerprint density at radius 1 is 1.13 bits per heavy atom. The third-order valence-corrected chi connectivity index (χ3v) is 8.53. The van der Waals surface area contributed by atoms with E-state index in [1.54, 1.807) is 6.92 Å². The predicted octanol–water partition coefficient (Wildman–Crippen LogP) is 0.635. The fourth-order valence-electron chi connectivity index (χ4n) is 6.94. The summed E-state index contributed by atoms with van der Waals surface area (Å²) >= 11 is 0. The number of carboxylic acids is 1. The van der Waals surface area contributed by atoms with Crippen molar-refractivity contribution in [2.24, 2.45) is 0 Å². The van der Waals surface area contributed by atoms with Gasteiger partial charge in [0.15, 0.2) is 17.5 Å². The van der Waals surface area contributed by atoms with Gasteiger partial charge in [0.1, 0.15) is 5.78 Å². The van der Waals surface area contributed by atoms with Gasteiger partial charge < -0.3 is 5.11 Å². The van der Waals surface area contributed by atoms with Gasteiger partial charge in [-0.05, 0) is 55.5 Å². The number of ketones is 1. The van der Waals surface area contributed by atoms with E-state index >= 15 is 0 Å². The molecule has 2 aliphatic heterocycles. The van der Waals surface area contributed by atoms with Crippen molar-refractivity contribution in [2.45, 2.75) is 63.1 Å². The Morgan fingerprint density at radius 2 is 1.71 bits per heavy atom. The minimum atomic E-state index is -0.767. The second-order valence-corrected chi connectivity index (χ2v) is 10.3. The van der Waals surface area contributed by atoms with Crippen molar-refractivity contribution < 1.29 is 19.3 Å². The van der Waals surface area contributed by atoms with Crippen molar-refractivity contribution in [1.29, 1.82) is 0 Å². The third kappa shape index (κ3) is 3.73. The van der Waals surface area contributed by atoms with E-state index in [1.807, 2.05) is 0 Å².